The number of aromatic nitrogens is 1. The van der Waals surface area contributed by atoms with Crippen molar-refractivity contribution < 1.29 is 14.3 Å². The fourth-order valence-corrected chi connectivity index (χ4v) is 4.82. The average Bonchev–Trinajstić information content (AvgIpc) is 3.31. The molecular weight excluding hydrogens is 444 g/mol. The SMILES string of the molecule is Cc1ccc(OCCN2C(=O)C(C)Oc3ccc(-c4csc(Cc5ccccc5)n4)cc32)cc1. The number of hydrogen-bond acceptors (Lipinski definition) is 5. The second kappa shape index (κ2) is 9.69. The minimum Gasteiger partial charge on any atom is -0.492 e. The van der Waals surface area contributed by atoms with E-state index >= 15 is 0 Å². The van der Waals surface area contributed by atoms with Crippen molar-refractivity contribution in [1.29, 1.82) is 0 Å². The molecule has 4 aromatic rings. The van der Waals surface area contributed by atoms with Gasteiger partial charge in [-0.2, -0.15) is 0 Å². The van der Waals surface area contributed by atoms with E-state index in [1.807, 2.05) is 67.6 Å². The smallest absolute Gasteiger partial charge is 0.267 e. The molecule has 1 amide bonds. The first-order valence-electron chi connectivity index (χ1n) is 11.4. The zero-order valence-corrected chi connectivity index (χ0v) is 20.0. The van der Waals surface area contributed by atoms with Crippen molar-refractivity contribution >= 4 is 22.9 Å². The minimum atomic E-state index is -0.533. The fraction of sp³-hybridized carbons (Fsp3) is 0.214. The summed E-state index contributed by atoms with van der Waals surface area (Å²) in [7, 11) is 0. The third kappa shape index (κ3) is 4.82. The zero-order chi connectivity index (χ0) is 23.5. The molecule has 172 valence electrons. The molecule has 1 aromatic heterocycles. The Morgan fingerprint density at radius 3 is 2.65 bits per heavy atom. The van der Waals surface area contributed by atoms with E-state index in [0.29, 0.717) is 18.9 Å². The normalized spacial score (nSPS) is 15.1. The molecule has 1 aliphatic heterocycles. The summed E-state index contributed by atoms with van der Waals surface area (Å²) in [6, 6.07) is 24.2. The third-order valence-corrected chi connectivity index (χ3v) is 6.67. The summed E-state index contributed by atoms with van der Waals surface area (Å²) in [5.41, 5.74) is 5.04. The van der Waals surface area contributed by atoms with Crippen LogP contribution in [0.3, 0.4) is 0 Å². The summed E-state index contributed by atoms with van der Waals surface area (Å²) >= 11 is 1.65. The number of aryl methyl sites for hydroxylation is 1. The second-order valence-corrected chi connectivity index (χ2v) is 9.33. The number of carbonyl (C=O) groups excluding carboxylic acids is 1. The van der Waals surface area contributed by atoms with Gasteiger partial charge in [-0.05, 0) is 49.7 Å². The molecule has 0 saturated heterocycles. The Hall–Kier alpha value is -3.64. The van der Waals surface area contributed by atoms with Crippen molar-refractivity contribution in [2.24, 2.45) is 0 Å². The molecule has 1 aliphatic rings. The van der Waals surface area contributed by atoms with Gasteiger partial charge in [0.15, 0.2) is 6.10 Å². The van der Waals surface area contributed by atoms with Crippen LogP contribution < -0.4 is 14.4 Å². The standard InChI is InChI=1S/C28H26N2O3S/c1-19-8-11-23(12-9-19)32-15-14-30-25-17-22(10-13-26(25)33-20(2)28(30)31)24-18-34-27(29-24)16-21-6-4-3-5-7-21/h3-13,17-18,20H,14-16H2,1-2H3. The Kier molecular flexibility index (Phi) is 6.32. The highest BCUT2D eigenvalue weighted by atomic mass is 32.1. The highest BCUT2D eigenvalue weighted by molar-refractivity contribution is 7.10. The molecule has 0 aliphatic carbocycles. The molecule has 0 saturated carbocycles. The highest BCUT2D eigenvalue weighted by Crippen LogP contribution is 2.38. The van der Waals surface area contributed by atoms with Crippen LogP contribution in [0.25, 0.3) is 11.3 Å². The van der Waals surface area contributed by atoms with E-state index < -0.39 is 6.10 Å². The Balaban J connectivity index is 1.35. The summed E-state index contributed by atoms with van der Waals surface area (Å²) in [5, 5.41) is 3.13. The van der Waals surface area contributed by atoms with Crippen LogP contribution in [0.15, 0.2) is 78.2 Å². The van der Waals surface area contributed by atoms with Gasteiger partial charge < -0.3 is 14.4 Å². The van der Waals surface area contributed by atoms with Crippen LogP contribution in [0.5, 0.6) is 11.5 Å². The number of fused-ring (bicyclic) bond motifs is 1. The van der Waals surface area contributed by atoms with E-state index in [1.165, 1.54) is 11.1 Å². The molecule has 6 heteroatoms. The van der Waals surface area contributed by atoms with Crippen LogP contribution in [0.2, 0.25) is 0 Å². The number of rotatable bonds is 7. The molecule has 3 aromatic carbocycles. The van der Waals surface area contributed by atoms with Crippen LogP contribution in [0.4, 0.5) is 5.69 Å². The van der Waals surface area contributed by atoms with Gasteiger partial charge in [0.1, 0.15) is 18.1 Å². The topological polar surface area (TPSA) is 51.7 Å². The molecule has 5 nitrogen and oxygen atoms in total. The number of anilines is 1. The maximum atomic E-state index is 13.0. The summed E-state index contributed by atoms with van der Waals surface area (Å²) in [6.45, 7) is 4.65. The highest BCUT2D eigenvalue weighted by Gasteiger charge is 2.31. The lowest BCUT2D eigenvalue weighted by Gasteiger charge is -2.33. The van der Waals surface area contributed by atoms with Gasteiger partial charge in [0.05, 0.1) is 22.9 Å². The number of amides is 1. The first-order chi connectivity index (χ1) is 16.6. The summed E-state index contributed by atoms with van der Waals surface area (Å²) in [6.07, 6.45) is 0.271. The van der Waals surface area contributed by atoms with Crippen LogP contribution in [0, 0.1) is 6.92 Å². The Bertz CT molecular complexity index is 1280. The van der Waals surface area contributed by atoms with Crippen molar-refractivity contribution in [2.45, 2.75) is 26.4 Å². The third-order valence-electron chi connectivity index (χ3n) is 5.82. The summed E-state index contributed by atoms with van der Waals surface area (Å²) < 4.78 is 11.8. The van der Waals surface area contributed by atoms with Gasteiger partial charge in [0, 0.05) is 17.4 Å². The van der Waals surface area contributed by atoms with E-state index in [4.69, 9.17) is 14.5 Å². The minimum absolute atomic E-state index is 0.0693. The average molecular weight is 471 g/mol. The fourth-order valence-electron chi connectivity index (χ4n) is 3.98. The van der Waals surface area contributed by atoms with Crippen molar-refractivity contribution in [1.82, 2.24) is 4.98 Å². The Morgan fingerprint density at radius 2 is 1.85 bits per heavy atom. The van der Waals surface area contributed by atoms with E-state index in [-0.39, 0.29) is 5.91 Å². The Morgan fingerprint density at radius 1 is 1.06 bits per heavy atom. The zero-order valence-electron chi connectivity index (χ0n) is 19.2. The number of nitrogens with zero attached hydrogens (tertiary/aromatic N) is 2. The van der Waals surface area contributed by atoms with Crippen molar-refractivity contribution in [2.75, 3.05) is 18.1 Å². The van der Waals surface area contributed by atoms with Gasteiger partial charge in [-0.3, -0.25) is 4.79 Å². The summed E-state index contributed by atoms with van der Waals surface area (Å²) in [4.78, 5) is 19.6. The maximum absolute atomic E-state index is 13.0. The first-order valence-corrected chi connectivity index (χ1v) is 12.2. The lowest BCUT2D eigenvalue weighted by molar-refractivity contribution is -0.125. The number of hydrogen-bond donors (Lipinski definition) is 0. The molecule has 0 N–H and O–H groups in total. The maximum Gasteiger partial charge on any atom is 0.267 e. The van der Waals surface area contributed by atoms with Crippen LogP contribution in [-0.2, 0) is 11.2 Å². The summed E-state index contributed by atoms with van der Waals surface area (Å²) in [5.74, 6) is 1.42. The molecule has 0 bridgehead atoms. The van der Waals surface area contributed by atoms with Gasteiger partial charge >= 0.3 is 0 Å². The largest absolute Gasteiger partial charge is 0.492 e. The van der Waals surface area contributed by atoms with E-state index in [1.54, 1.807) is 23.2 Å². The number of ether oxygens (including phenoxy) is 2. The monoisotopic (exact) mass is 470 g/mol. The van der Waals surface area contributed by atoms with Crippen LogP contribution in [0.1, 0.15) is 23.1 Å². The lowest BCUT2D eigenvalue weighted by atomic mass is 10.1. The van der Waals surface area contributed by atoms with Crippen molar-refractivity contribution in [3.63, 3.8) is 0 Å². The van der Waals surface area contributed by atoms with Gasteiger partial charge in [-0.15, -0.1) is 11.3 Å². The lowest BCUT2D eigenvalue weighted by Crippen LogP contribution is -2.46. The predicted octanol–water partition coefficient (Wildman–Crippen LogP) is 5.90. The molecule has 34 heavy (non-hydrogen) atoms. The molecule has 5 rings (SSSR count). The van der Waals surface area contributed by atoms with E-state index in [0.717, 1.165) is 34.1 Å². The number of carbonyl (C=O) groups is 1. The second-order valence-electron chi connectivity index (χ2n) is 8.38. The van der Waals surface area contributed by atoms with Crippen molar-refractivity contribution in [3.8, 4) is 22.8 Å². The molecule has 2 heterocycles. The van der Waals surface area contributed by atoms with E-state index in [9.17, 15) is 4.79 Å². The van der Waals surface area contributed by atoms with Gasteiger partial charge in [0.2, 0.25) is 0 Å². The van der Waals surface area contributed by atoms with Crippen molar-refractivity contribution in [3.05, 3.63) is 94.3 Å². The van der Waals surface area contributed by atoms with Gasteiger partial charge in [0.25, 0.3) is 5.91 Å². The molecule has 0 fully saturated rings. The van der Waals surface area contributed by atoms with Gasteiger partial charge in [-0.25, -0.2) is 4.98 Å². The number of benzene rings is 3. The van der Waals surface area contributed by atoms with Crippen LogP contribution >= 0.6 is 11.3 Å². The van der Waals surface area contributed by atoms with Gasteiger partial charge in [-0.1, -0.05) is 48.0 Å². The molecule has 1 unspecified atom stereocenters. The Labute approximate surface area is 203 Å². The molecule has 0 spiro atoms. The number of thiazole rings is 1. The molecular formula is C28H26N2O3S. The predicted molar refractivity (Wildman–Crippen MR) is 136 cm³/mol. The quantitative estimate of drug-likeness (QED) is 0.337. The molecule has 1 atom stereocenters. The molecule has 0 radical (unpaired) electrons. The van der Waals surface area contributed by atoms with E-state index in [2.05, 4.69) is 17.5 Å². The van der Waals surface area contributed by atoms with Crippen LogP contribution in [-0.4, -0.2) is 30.1 Å². The first kappa shape index (κ1) is 22.2.